The van der Waals surface area contributed by atoms with Crippen molar-refractivity contribution in [2.45, 2.75) is 167 Å². The molecule has 3 aliphatic heterocycles. The van der Waals surface area contributed by atoms with Crippen LogP contribution in [0.1, 0.15) is 123 Å². The summed E-state index contributed by atoms with van der Waals surface area (Å²) in [4.78, 5) is 0. The number of hydrogen-bond donors (Lipinski definition) is 1. The van der Waals surface area contributed by atoms with E-state index in [1.165, 1.54) is 18.2 Å². The molecule has 0 aliphatic carbocycles. The second kappa shape index (κ2) is 51.0. The first-order valence-corrected chi connectivity index (χ1v) is 52.9. The van der Waals surface area contributed by atoms with Gasteiger partial charge in [0.1, 0.15) is 0 Å². The molecule has 0 unspecified atom stereocenters. The van der Waals surface area contributed by atoms with E-state index in [2.05, 4.69) is 19.6 Å². The number of rotatable bonds is 49. The second-order valence-corrected chi connectivity index (χ2v) is 50.6. The zero-order valence-corrected chi connectivity index (χ0v) is 68.5. The quantitative estimate of drug-likeness (QED) is 0.0370. The van der Waals surface area contributed by atoms with Crippen LogP contribution in [0.15, 0.2) is 48.5 Å². The molecule has 0 aromatic heterocycles. The Labute approximate surface area is 564 Å². The van der Waals surface area contributed by atoms with Crippen LogP contribution >= 0.6 is 43.2 Å². The molecule has 0 amide bonds. The largest absolute Gasteiger partial charge is 0.537 e. The van der Waals surface area contributed by atoms with E-state index in [0.29, 0.717) is 79.3 Å². The van der Waals surface area contributed by atoms with Gasteiger partial charge in [-0.05, 0) is 116 Å². The van der Waals surface area contributed by atoms with Crippen molar-refractivity contribution in [2.75, 3.05) is 130 Å². The molecule has 0 atom stereocenters. The lowest BCUT2D eigenvalue weighted by Gasteiger charge is -2.63. The van der Waals surface area contributed by atoms with E-state index in [9.17, 15) is 0 Å². The Balaban J connectivity index is 0. The van der Waals surface area contributed by atoms with Crippen molar-refractivity contribution in [3.63, 3.8) is 0 Å². The molecule has 526 valence electrons. The van der Waals surface area contributed by atoms with Gasteiger partial charge in [-0.1, -0.05) is 125 Å². The standard InChI is InChI=1S/C18H34O6S2Si4.C18H42O6S2Si2.C18H34O6Si2.C2H6O.CH4.H2O/c1-19-29(20-2,21-3)17-9-11-18(12-10-17)30-22-28(23-30,24-30)16-8-14-26-25-13-7-15-27(4,5)6;1-7-19-27(20-8-2,21-9-3)17-13-15-25-26-16-14-18-28(22-10-4,23-11-5)24-12-6;1-7-19-25(20-8-2,21-9-3)17-13-15-18(16-14-17)26(22-10-4,23-11-5)24-12-6;1-2-3;;/h9-12H,7-8,13-16H2,1-6H3;7-18H2,1-6H3;13-16H,7-12H2,1-6H3;3H,2H2,1H3;1H4;1H2. The Morgan fingerprint density at radius 1 is 0.382 bits per heavy atom. The Bertz CT molecular complexity index is 1830. The highest BCUT2D eigenvalue weighted by Crippen LogP contribution is 2.49. The fraction of sp³-hybridized carbons (Fsp3) is 0.789. The summed E-state index contributed by atoms with van der Waals surface area (Å²) < 4.78 is 107. The minimum Gasteiger partial charge on any atom is -0.412 e. The molecule has 3 aliphatic rings. The van der Waals surface area contributed by atoms with E-state index < -0.39 is 69.7 Å². The van der Waals surface area contributed by atoms with Crippen LogP contribution in [0, 0.1) is 0 Å². The van der Waals surface area contributed by atoms with Gasteiger partial charge in [-0.25, -0.2) is 0 Å². The van der Waals surface area contributed by atoms with Gasteiger partial charge in [0.25, 0.3) is 0 Å². The molecular formula is C57H122O20S4Si8. The summed E-state index contributed by atoms with van der Waals surface area (Å²) in [5.74, 6) is 4.52. The van der Waals surface area contributed by atoms with Gasteiger partial charge in [0.15, 0.2) is 0 Å². The fourth-order valence-corrected chi connectivity index (χ4v) is 36.6. The summed E-state index contributed by atoms with van der Waals surface area (Å²) in [7, 11) is -6.78. The predicted octanol–water partition coefficient (Wildman–Crippen LogP) is 10.7. The number of benzene rings is 2. The maximum Gasteiger partial charge on any atom is 0.537 e. The van der Waals surface area contributed by atoms with Crippen molar-refractivity contribution in [1.82, 2.24) is 0 Å². The van der Waals surface area contributed by atoms with Crippen molar-refractivity contribution in [2.24, 2.45) is 0 Å². The van der Waals surface area contributed by atoms with Gasteiger partial charge in [-0.3, -0.25) is 0 Å². The van der Waals surface area contributed by atoms with E-state index in [1.54, 1.807) is 28.3 Å². The third-order valence-electron chi connectivity index (χ3n) is 12.5. The molecule has 0 spiro atoms. The van der Waals surface area contributed by atoms with E-state index in [1.807, 2.05) is 175 Å². The minimum atomic E-state index is -2.92. The molecule has 3 heterocycles. The van der Waals surface area contributed by atoms with Crippen molar-refractivity contribution in [1.29, 1.82) is 0 Å². The van der Waals surface area contributed by atoms with Gasteiger partial charge in [0.2, 0.25) is 0 Å². The normalized spacial score (nSPS) is 16.5. The number of hydrogen-bond acceptors (Lipinski definition) is 23. The molecule has 0 radical (unpaired) electrons. The third-order valence-corrected chi connectivity index (χ3v) is 43.5. The Morgan fingerprint density at radius 3 is 0.888 bits per heavy atom. The lowest BCUT2D eigenvalue weighted by molar-refractivity contribution is -0.0207. The van der Waals surface area contributed by atoms with Gasteiger partial charge >= 0.3 is 61.6 Å². The third kappa shape index (κ3) is 31.5. The summed E-state index contributed by atoms with van der Waals surface area (Å²) in [5.41, 5.74) is 0. The first-order valence-electron chi connectivity index (χ1n) is 31.5. The summed E-state index contributed by atoms with van der Waals surface area (Å²) in [6, 6.07) is 20.0. The SMILES string of the molecule is C.CCO.CCO[Si](CCCSSCCC[Si](OCC)(OCC)OCC)(OCC)OCC.CCO[Si](OCC)(OCC)c1ccc([Si](OCC)(OCC)OCC)cc1.CO[Si](OC)(OC)c1ccc([Si]23O[Si](CCCSSCCC[Si](C)(C)C)(O2)O3)cc1.O. The molecule has 3 saturated heterocycles. The topological polar surface area (TPSA) is 218 Å². The zero-order chi connectivity index (χ0) is 65.2. The van der Waals surface area contributed by atoms with Crippen LogP contribution in [0.5, 0.6) is 0 Å². The van der Waals surface area contributed by atoms with E-state index in [4.69, 9.17) is 83.8 Å². The van der Waals surface area contributed by atoms with Gasteiger partial charge in [0, 0.05) is 177 Å². The van der Waals surface area contributed by atoms with Gasteiger partial charge in [-0.15, -0.1) is 0 Å². The zero-order valence-electron chi connectivity index (χ0n) is 57.2. The van der Waals surface area contributed by atoms with Crippen LogP contribution in [-0.2, 0) is 78.7 Å². The number of aliphatic hydroxyl groups is 1. The lowest BCUT2D eigenvalue weighted by Crippen LogP contribution is -2.92. The van der Waals surface area contributed by atoms with Gasteiger partial charge in [0.05, 0.1) is 0 Å². The maximum absolute atomic E-state index is 7.57. The molecule has 20 nitrogen and oxygen atoms in total. The predicted molar refractivity (Wildman–Crippen MR) is 389 cm³/mol. The second-order valence-electron chi connectivity index (χ2n) is 20.1. The van der Waals surface area contributed by atoms with Crippen molar-refractivity contribution in [3.8, 4) is 0 Å². The van der Waals surface area contributed by atoms with Gasteiger partial charge < -0.3 is 89.3 Å². The molecule has 89 heavy (non-hydrogen) atoms. The van der Waals surface area contributed by atoms with Crippen LogP contribution in [-0.4, -0.2) is 211 Å². The van der Waals surface area contributed by atoms with Crippen LogP contribution < -0.4 is 20.7 Å². The summed E-state index contributed by atoms with van der Waals surface area (Å²) in [5, 5.41) is 11.3. The highest BCUT2D eigenvalue weighted by atomic mass is 33.1. The Kier molecular flexibility index (Phi) is 52.7. The van der Waals surface area contributed by atoms with Crippen molar-refractivity contribution in [3.05, 3.63) is 48.5 Å². The highest BCUT2D eigenvalue weighted by molar-refractivity contribution is 8.77. The van der Waals surface area contributed by atoms with Crippen LogP contribution in [0.25, 0.3) is 0 Å². The molecule has 5 rings (SSSR count). The summed E-state index contributed by atoms with van der Waals surface area (Å²) in [6.45, 7) is 40.0. The smallest absolute Gasteiger partial charge is 0.412 e. The average Bonchev–Trinajstić information content (AvgIpc) is 0.683. The first-order chi connectivity index (χ1) is 41.8. The molecule has 2 aromatic carbocycles. The molecule has 32 heteroatoms. The molecular weight excluding hydrogens is 1360 g/mol. The molecule has 3 fully saturated rings. The lowest BCUT2D eigenvalue weighted by atomic mass is 10.4. The fourth-order valence-electron chi connectivity index (χ4n) is 9.16. The number of aliphatic hydroxyl groups excluding tert-OH is 1. The monoisotopic (exact) mass is 1480 g/mol. The summed E-state index contributed by atoms with van der Waals surface area (Å²) >= 11 is 0. The Morgan fingerprint density at radius 2 is 0.629 bits per heavy atom. The first kappa shape index (κ1) is 91.8. The summed E-state index contributed by atoms with van der Waals surface area (Å²) in [6.07, 6.45) is 4.51. The average molecular weight is 1480 g/mol. The molecule has 3 N–H and O–H groups in total. The van der Waals surface area contributed by atoms with E-state index in [-0.39, 0.29) is 19.5 Å². The van der Waals surface area contributed by atoms with E-state index >= 15 is 0 Å². The van der Waals surface area contributed by atoms with Crippen molar-refractivity contribution >= 4 is 134 Å². The van der Waals surface area contributed by atoms with Crippen LogP contribution in [0.3, 0.4) is 0 Å². The molecule has 0 saturated carbocycles. The molecule has 2 bridgehead atoms. The highest BCUT2D eigenvalue weighted by Gasteiger charge is 2.82. The van der Waals surface area contributed by atoms with Crippen molar-refractivity contribution < 1.29 is 89.3 Å². The maximum atomic E-state index is 7.57. The minimum absolute atomic E-state index is 0. The molecule has 2 aromatic rings. The van der Waals surface area contributed by atoms with E-state index in [0.717, 1.165) is 75.4 Å². The van der Waals surface area contributed by atoms with Crippen LogP contribution in [0.4, 0.5) is 0 Å². The van der Waals surface area contributed by atoms with Gasteiger partial charge in [-0.2, -0.15) is 0 Å². The van der Waals surface area contributed by atoms with Crippen LogP contribution in [0.2, 0.25) is 43.8 Å². The Hall–Kier alpha value is 0.775.